The highest BCUT2D eigenvalue weighted by molar-refractivity contribution is 7.89. The highest BCUT2D eigenvalue weighted by Gasteiger charge is 2.32. The fraction of sp³-hybridized carbons (Fsp3) is 0.292. The molecule has 1 amide bonds. The Morgan fingerprint density at radius 2 is 1.83 bits per heavy atom. The average Bonchev–Trinajstić information content (AvgIpc) is 3.49. The average molecular weight is 556 g/mol. The lowest BCUT2D eigenvalue weighted by Crippen LogP contribution is -2.45. The van der Waals surface area contributed by atoms with E-state index in [1.807, 2.05) is 29.6 Å². The molecule has 186 valence electrons. The lowest BCUT2D eigenvalue weighted by molar-refractivity contribution is -0.132. The van der Waals surface area contributed by atoms with Crippen molar-refractivity contribution < 1.29 is 22.7 Å². The van der Waals surface area contributed by atoms with Gasteiger partial charge in [0.15, 0.2) is 11.5 Å². The van der Waals surface area contributed by atoms with Crippen LogP contribution >= 0.6 is 34.5 Å². The molecule has 0 saturated carbocycles. The molecule has 0 saturated heterocycles. The predicted molar refractivity (Wildman–Crippen MR) is 137 cm³/mol. The van der Waals surface area contributed by atoms with E-state index in [2.05, 4.69) is 0 Å². The van der Waals surface area contributed by atoms with Gasteiger partial charge in [0.25, 0.3) is 0 Å². The molecular formula is C24H24Cl2N2O5S2. The van der Waals surface area contributed by atoms with E-state index in [9.17, 15) is 13.2 Å². The molecule has 0 atom stereocenters. The number of carbonyl (C=O) groups excluding carboxylic acids is 1. The number of ether oxygens (including phenoxy) is 2. The number of sulfonamides is 1. The van der Waals surface area contributed by atoms with Gasteiger partial charge in [-0.2, -0.15) is 4.31 Å². The topological polar surface area (TPSA) is 76.2 Å². The van der Waals surface area contributed by atoms with Crippen LogP contribution in [0.2, 0.25) is 10.0 Å². The molecule has 0 radical (unpaired) electrons. The minimum absolute atomic E-state index is 0.0447. The largest absolute Gasteiger partial charge is 0.454 e. The van der Waals surface area contributed by atoms with Crippen molar-refractivity contribution in [3.8, 4) is 11.5 Å². The Kier molecular flexibility index (Phi) is 7.92. The second-order valence-corrected chi connectivity index (χ2v) is 12.0. The van der Waals surface area contributed by atoms with Crippen molar-refractivity contribution in [1.82, 2.24) is 9.21 Å². The van der Waals surface area contributed by atoms with Crippen LogP contribution in [0.25, 0.3) is 0 Å². The normalized spacial score (nSPS) is 13.0. The summed E-state index contributed by atoms with van der Waals surface area (Å²) in [6.07, 6.45) is 0. The smallest absolute Gasteiger partial charge is 0.245 e. The summed E-state index contributed by atoms with van der Waals surface area (Å²) in [4.78, 5) is 16.0. The Morgan fingerprint density at radius 1 is 1.06 bits per heavy atom. The summed E-state index contributed by atoms with van der Waals surface area (Å²) in [5.41, 5.74) is 0.844. The third-order valence-corrected chi connectivity index (χ3v) is 9.04. The van der Waals surface area contributed by atoms with E-state index in [-0.39, 0.29) is 40.7 Å². The number of fused-ring (bicyclic) bond motifs is 1. The van der Waals surface area contributed by atoms with Crippen LogP contribution in [-0.2, 0) is 27.9 Å². The second-order valence-electron chi connectivity index (χ2n) is 8.24. The first-order valence-electron chi connectivity index (χ1n) is 10.8. The molecule has 11 heteroatoms. The number of rotatable bonds is 9. The van der Waals surface area contributed by atoms with Crippen LogP contribution in [0.5, 0.6) is 11.5 Å². The highest BCUT2D eigenvalue weighted by Crippen LogP contribution is 2.33. The SMILES string of the molecule is CC(C)N(CC(=O)N(Cc1ccc2c(c1)OCO2)Cc1cccs1)S(=O)(=O)c1cc(Cl)ccc1Cl. The molecule has 0 unspecified atom stereocenters. The molecule has 0 spiro atoms. The summed E-state index contributed by atoms with van der Waals surface area (Å²) in [7, 11) is -4.09. The molecule has 0 N–H and O–H groups in total. The van der Waals surface area contributed by atoms with Crippen LogP contribution in [0.4, 0.5) is 0 Å². The second kappa shape index (κ2) is 10.8. The van der Waals surface area contributed by atoms with Crippen molar-refractivity contribution in [1.29, 1.82) is 0 Å². The van der Waals surface area contributed by atoms with Crippen LogP contribution < -0.4 is 9.47 Å². The molecule has 0 fully saturated rings. The van der Waals surface area contributed by atoms with Crippen LogP contribution in [0.3, 0.4) is 0 Å². The quantitative estimate of drug-likeness (QED) is 0.353. The summed E-state index contributed by atoms with van der Waals surface area (Å²) < 4.78 is 39.0. The van der Waals surface area contributed by atoms with E-state index in [1.54, 1.807) is 24.8 Å². The first kappa shape index (κ1) is 25.8. The number of halogens is 2. The number of nitrogens with zero attached hydrogens (tertiary/aromatic N) is 2. The molecule has 3 aromatic rings. The number of benzene rings is 2. The Hall–Kier alpha value is -2.30. The van der Waals surface area contributed by atoms with Gasteiger partial charge in [0.05, 0.1) is 18.1 Å². The zero-order valence-electron chi connectivity index (χ0n) is 19.1. The first-order valence-corrected chi connectivity index (χ1v) is 13.9. The molecule has 7 nitrogen and oxygen atoms in total. The van der Waals surface area contributed by atoms with Gasteiger partial charge < -0.3 is 14.4 Å². The molecule has 35 heavy (non-hydrogen) atoms. The third-order valence-electron chi connectivity index (χ3n) is 5.44. The van der Waals surface area contributed by atoms with Crippen LogP contribution in [0, 0.1) is 0 Å². The van der Waals surface area contributed by atoms with E-state index >= 15 is 0 Å². The molecule has 4 rings (SSSR count). The van der Waals surface area contributed by atoms with Crippen molar-refractivity contribution in [2.75, 3.05) is 13.3 Å². The molecule has 2 aromatic carbocycles. The summed E-state index contributed by atoms with van der Waals surface area (Å²) in [5, 5.41) is 2.22. The van der Waals surface area contributed by atoms with E-state index in [0.717, 1.165) is 14.7 Å². The van der Waals surface area contributed by atoms with Gasteiger partial charge in [-0.1, -0.05) is 35.3 Å². The fourth-order valence-corrected chi connectivity index (χ4v) is 6.71. The van der Waals surface area contributed by atoms with Gasteiger partial charge >= 0.3 is 0 Å². The molecular weight excluding hydrogens is 531 g/mol. The summed E-state index contributed by atoms with van der Waals surface area (Å²) >= 11 is 13.8. The maximum Gasteiger partial charge on any atom is 0.245 e. The Labute approximate surface area is 218 Å². The fourth-order valence-electron chi connectivity index (χ4n) is 3.66. The minimum atomic E-state index is -4.09. The maximum absolute atomic E-state index is 13.6. The molecule has 1 aliphatic rings. The first-order chi connectivity index (χ1) is 16.6. The van der Waals surface area contributed by atoms with Crippen molar-refractivity contribution in [2.45, 2.75) is 37.9 Å². The van der Waals surface area contributed by atoms with Crippen molar-refractivity contribution >= 4 is 50.5 Å². The number of carbonyl (C=O) groups is 1. The maximum atomic E-state index is 13.6. The summed E-state index contributed by atoms with van der Waals surface area (Å²) in [6.45, 7) is 3.85. The van der Waals surface area contributed by atoms with Gasteiger partial charge in [-0.15, -0.1) is 11.3 Å². The predicted octanol–water partition coefficient (Wildman–Crippen LogP) is 5.41. The van der Waals surface area contributed by atoms with Gasteiger partial charge in [-0.05, 0) is 61.2 Å². The van der Waals surface area contributed by atoms with Crippen LogP contribution in [0.1, 0.15) is 24.3 Å². The Balaban J connectivity index is 1.61. The van der Waals surface area contributed by atoms with Gasteiger partial charge in [0.1, 0.15) is 4.90 Å². The van der Waals surface area contributed by atoms with E-state index in [0.29, 0.717) is 18.0 Å². The van der Waals surface area contributed by atoms with Gasteiger partial charge in [-0.25, -0.2) is 8.42 Å². The molecule has 0 bridgehead atoms. The number of hydrogen-bond donors (Lipinski definition) is 0. The third kappa shape index (κ3) is 5.92. The lowest BCUT2D eigenvalue weighted by atomic mass is 10.2. The standard InChI is InChI=1S/C24H24Cl2N2O5S2/c1-16(2)28(35(30,31)23-11-18(25)6-7-20(23)26)14-24(29)27(13-19-4-3-9-34-19)12-17-5-8-21-22(10-17)33-15-32-21/h3-11,16H,12-15H2,1-2H3. The molecule has 1 aliphatic heterocycles. The monoisotopic (exact) mass is 554 g/mol. The van der Waals surface area contributed by atoms with Crippen LogP contribution in [-0.4, -0.2) is 42.9 Å². The zero-order chi connectivity index (χ0) is 25.2. The van der Waals surface area contributed by atoms with E-state index in [1.165, 1.54) is 29.5 Å². The van der Waals surface area contributed by atoms with Crippen molar-refractivity contribution in [2.24, 2.45) is 0 Å². The van der Waals surface area contributed by atoms with Crippen LogP contribution in [0.15, 0.2) is 58.8 Å². The molecule has 0 aliphatic carbocycles. The molecule has 2 heterocycles. The summed E-state index contributed by atoms with van der Waals surface area (Å²) in [6, 6.07) is 13.1. The van der Waals surface area contributed by atoms with Gasteiger partial charge in [0, 0.05) is 22.5 Å². The Bertz CT molecular complexity index is 1310. The highest BCUT2D eigenvalue weighted by atomic mass is 35.5. The van der Waals surface area contributed by atoms with Crippen molar-refractivity contribution in [3.05, 3.63) is 74.4 Å². The van der Waals surface area contributed by atoms with Gasteiger partial charge in [0.2, 0.25) is 22.7 Å². The van der Waals surface area contributed by atoms with E-state index in [4.69, 9.17) is 32.7 Å². The number of amides is 1. The Morgan fingerprint density at radius 3 is 2.54 bits per heavy atom. The van der Waals surface area contributed by atoms with Gasteiger partial charge in [-0.3, -0.25) is 4.79 Å². The minimum Gasteiger partial charge on any atom is -0.454 e. The van der Waals surface area contributed by atoms with E-state index < -0.39 is 16.1 Å². The number of hydrogen-bond acceptors (Lipinski definition) is 6. The lowest BCUT2D eigenvalue weighted by Gasteiger charge is -2.29. The summed E-state index contributed by atoms with van der Waals surface area (Å²) in [5.74, 6) is 0.930. The zero-order valence-corrected chi connectivity index (χ0v) is 22.3. The molecule has 1 aromatic heterocycles. The van der Waals surface area contributed by atoms with Crippen molar-refractivity contribution in [3.63, 3.8) is 0 Å². The number of thiophene rings is 1.